The summed E-state index contributed by atoms with van der Waals surface area (Å²) in [6, 6.07) is 6.28. The van der Waals surface area contributed by atoms with Gasteiger partial charge in [-0.05, 0) is 18.6 Å². The maximum absolute atomic E-state index is 12.3. The Morgan fingerprint density at radius 2 is 2.04 bits per heavy atom. The molecule has 3 amide bonds. The highest BCUT2D eigenvalue weighted by Gasteiger charge is 2.38. The molecule has 1 saturated heterocycles. The van der Waals surface area contributed by atoms with Crippen molar-refractivity contribution in [2.75, 3.05) is 12.0 Å². The molecule has 2 aromatic rings. The molecule has 122 valence electrons. The van der Waals surface area contributed by atoms with E-state index in [0.717, 1.165) is 21.4 Å². The molecule has 0 aliphatic carbocycles. The molecule has 1 aliphatic rings. The second-order valence-electron chi connectivity index (χ2n) is 5.42. The molecule has 0 bridgehead atoms. The van der Waals surface area contributed by atoms with Crippen LogP contribution in [0.5, 0.6) is 0 Å². The lowest BCUT2D eigenvalue weighted by Gasteiger charge is -2.10. The third-order valence-corrected chi connectivity index (χ3v) is 5.51. The van der Waals surface area contributed by atoms with E-state index in [1.807, 2.05) is 24.3 Å². The topological polar surface area (TPSA) is 96.4 Å². The van der Waals surface area contributed by atoms with Crippen LogP contribution in [0.3, 0.4) is 0 Å². The van der Waals surface area contributed by atoms with Gasteiger partial charge in [0.15, 0.2) is 0 Å². The fourth-order valence-electron chi connectivity index (χ4n) is 2.38. The predicted molar refractivity (Wildman–Crippen MR) is 86.8 cm³/mol. The van der Waals surface area contributed by atoms with Gasteiger partial charge in [-0.25, -0.2) is 18.2 Å². The van der Waals surface area contributed by atoms with Crippen LogP contribution in [0.1, 0.15) is 11.4 Å². The lowest BCUT2D eigenvalue weighted by molar-refractivity contribution is -0.127. The molecule has 1 atom stereocenters. The van der Waals surface area contributed by atoms with Crippen LogP contribution in [0.2, 0.25) is 0 Å². The minimum atomic E-state index is -3.18. The van der Waals surface area contributed by atoms with E-state index in [1.54, 1.807) is 0 Å². The van der Waals surface area contributed by atoms with Crippen molar-refractivity contribution in [1.29, 1.82) is 0 Å². The number of thiazole rings is 1. The van der Waals surface area contributed by atoms with Gasteiger partial charge in [0.2, 0.25) is 0 Å². The number of rotatable bonds is 5. The Kier molecular flexibility index (Phi) is 4.07. The van der Waals surface area contributed by atoms with E-state index in [4.69, 9.17) is 0 Å². The molecule has 3 rings (SSSR count). The van der Waals surface area contributed by atoms with Crippen LogP contribution in [0, 0.1) is 0 Å². The van der Waals surface area contributed by atoms with Crippen molar-refractivity contribution in [2.45, 2.75) is 19.0 Å². The molecule has 1 aromatic heterocycles. The zero-order valence-corrected chi connectivity index (χ0v) is 14.0. The predicted octanol–water partition coefficient (Wildman–Crippen LogP) is 1.15. The Labute approximate surface area is 137 Å². The summed E-state index contributed by atoms with van der Waals surface area (Å²) in [6.07, 6.45) is 1.19. The molecule has 1 fully saturated rings. The van der Waals surface area contributed by atoms with Crippen molar-refractivity contribution in [2.24, 2.45) is 0 Å². The van der Waals surface area contributed by atoms with Crippen LogP contribution in [-0.2, 0) is 21.2 Å². The van der Waals surface area contributed by atoms with Crippen molar-refractivity contribution >= 4 is 43.3 Å². The Morgan fingerprint density at radius 3 is 2.74 bits per heavy atom. The van der Waals surface area contributed by atoms with E-state index in [-0.39, 0.29) is 18.7 Å². The number of sulfone groups is 1. The van der Waals surface area contributed by atoms with Crippen LogP contribution in [0.4, 0.5) is 4.79 Å². The molecule has 0 spiro atoms. The number of hydrogen-bond donors (Lipinski definition) is 1. The largest absolute Gasteiger partial charge is 0.326 e. The monoisotopic (exact) mass is 353 g/mol. The van der Waals surface area contributed by atoms with Crippen LogP contribution in [0.15, 0.2) is 24.3 Å². The summed E-state index contributed by atoms with van der Waals surface area (Å²) in [7, 11) is -3.18. The van der Waals surface area contributed by atoms with Gasteiger partial charge in [0.1, 0.15) is 20.9 Å². The summed E-state index contributed by atoms with van der Waals surface area (Å²) in [5.41, 5.74) is 0.827. The van der Waals surface area contributed by atoms with Crippen molar-refractivity contribution < 1.29 is 18.0 Å². The number of fused-ring (bicyclic) bond motifs is 1. The van der Waals surface area contributed by atoms with Crippen molar-refractivity contribution in [1.82, 2.24) is 15.2 Å². The smallest absolute Gasteiger partial charge is 0.325 e. The Hall–Kier alpha value is -2.00. The number of imide groups is 1. The number of aromatic nitrogens is 1. The van der Waals surface area contributed by atoms with Crippen molar-refractivity contribution in [3.05, 3.63) is 29.3 Å². The molecule has 1 N–H and O–H groups in total. The zero-order valence-electron chi connectivity index (χ0n) is 12.4. The number of hydrogen-bond acceptors (Lipinski definition) is 6. The number of nitrogens with zero attached hydrogens (tertiary/aromatic N) is 2. The standard InChI is InChI=1S/C14H15N3O4S2/c1-23(20,21)7-6-10-13(18)17(14(19)16-10)8-12-15-9-4-2-3-5-11(9)22-12/h2-5,10H,6-8H2,1H3,(H,16,19)/t10-/m0/s1. The first kappa shape index (κ1) is 15.9. The average molecular weight is 353 g/mol. The molecule has 0 radical (unpaired) electrons. The molecule has 7 nitrogen and oxygen atoms in total. The summed E-state index contributed by atoms with van der Waals surface area (Å²) in [5, 5.41) is 3.20. The lowest BCUT2D eigenvalue weighted by atomic mass is 10.2. The van der Waals surface area contributed by atoms with Gasteiger partial charge in [-0.2, -0.15) is 0 Å². The fourth-order valence-corrected chi connectivity index (χ4v) is 4.00. The zero-order chi connectivity index (χ0) is 16.6. The summed E-state index contributed by atoms with van der Waals surface area (Å²) in [6.45, 7) is 0.0966. The van der Waals surface area contributed by atoms with E-state index in [0.29, 0.717) is 5.01 Å². The molecule has 23 heavy (non-hydrogen) atoms. The first-order valence-electron chi connectivity index (χ1n) is 6.97. The fraction of sp³-hybridized carbons (Fsp3) is 0.357. The Balaban J connectivity index is 1.72. The number of carbonyl (C=O) groups excluding carboxylic acids is 2. The molecular formula is C14H15N3O4S2. The molecule has 1 aliphatic heterocycles. The van der Waals surface area contributed by atoms with E-state index in [1.165, 1.54) is 11.3 Å². The van der Waals surface area contributed by atoms with Gasteiger partial charge in [-0.3, -0.25) is 9.69 Å². The second kappa shape index (κ2) is 5.89. The highest BCUT2D eigenvalue weighted by atomic mass is 32.2. The molecule has 1 aromatic carbocycles. The van der Waals surface area contributed by atoms with Crippen LogP contribution in [-0.4, -0.2) is 48.3 Å². The third-order valence-electron chi connectivity index (χ3n) is 3.52. The number of carbonyl (C=O) groups is 2. The summed E-state index contributed by atoms with van der Waals surface area (Å²) >= 11 is 1.43. The SMILES string of the molecule is CS(=O)(=O)CC[C@@H]1NC(=O)N(Cc2nc3ccccc3s2)C1=O. The van der Waals surface area contributed by atoms with E-state index in [2.05, 4.69) is 10.3 Å². The third kappa shape index (κ3) is 3.50. The summed E-state index contributed by atoms with van der Waals surface area (Å²) < 4.78 is 23.4. The minimum Gasteiger partial charge on any atom is -0.326 e. The average Bonchev–Trinajstić information content (AvgIpc) is 3.00. The highest BCUT2D eigenvalue weighted by Crippen LogP contribution is 2.24. The lowest BCUT2D eigenvalue weighted by Crippen LogP contribution is -2.32. The maximum Gasteiger partial charge on any atom is 0.325 e. The Bertz CT molecular complexity index is 842. The normalized spacial score (nSPS) is 18.7. The highest BCUT2D eigenvalue weighted by molar-refractivity contribution is 7.90. The molecule has 0 saturated carbocycles. The van der Waals surface area contributed by atoms with Gasteiger partial charge in [-0.1, -0.05) is 12.1 Å². The van der Waals surface area contributed by atoms with Gasteiger partial charge < -0.3 is 5.32 Å². The van der Waals surface area contributed by atoms with E-state index < -0.39 is 27.8 Å². The summed E-state index contributed by atoms with van der Waals surface area (Å²) in [5.74, 6) is -0.545. The van der Waals surface area contributed by atoms with Crippen LogP contribution in [0.25, 0.3) is 10.2 Å². The first-order valence-corrected chi connectivity index (χ1v) is 9.85. The van der Waals surface area contributed by atoms with Gasteiger partial charge >= 0.3 is 6.03 Å². The maximum atomic E-state index is 12.3. The molecular weight excluding hydrogens is 338 g/mol. The van der Waals surface area contributed by atoms with Crippen LogP contribution >= 0.6 is 11.3 Å². The Morgan fingerprint density at radius 1 is 1.30 bits per heavy atom. The number of amides is 3. The van der Waals surface area contributed by atoms with Crippen LogP contribution < -0.4 is 5.32 Å². The minimum absolute atomic E-state index is 0.0831. The van der Waals surface area contributed by atoms with Crippen molar-refractivity contribution in [3.63, 3.8) is 0 Å². The quantitative estimate of drug-likeness (QED) is 0.814. The molecule has 2 heterocycles. The van der Waals surface area contributed by atoms with Gasteiger partial charge in [0.05, 0.1) is 22.5 Å². The second-order valence-corrected chi connectivity index (χ2v) is 8.80. The number of nitrogens with one attached hydrogen (secondary N) is 1. The number of benzene rings is 1. The van der Waals surface area contributed by atoms with E-state index in [9.17, 15) is 18.0 Å². The number of para-hydroxylation sites is 1. The van der Waals surface area contributed by atoms with Gasteiger partial charge in [-0.15, -0.1) is 11.3 Å². The van der Waals surface area contributed by atoms with E-state index >= 15 is 0 Å². The first-order chi connectivity index (χ1) is 10.8. The number of urea groups is 1. The summed E-state index contributed by atoms with van der Waals surface area (Å²) in [4.78, 5) is 29.7. The van der Waals surface area contributed by atoms with Gasteiger partial charge in [0.25, 0.3) is 5.91 Å². The molecule has 9 heteroatoms. The molecule has 0 unspecified atom stereocenters. The van der Waals surface area contributed by atoms with Gasteiger partial charge in [0, 0.05) is 6.26 Å². The van der Waals surface area contributed by atoms with Crippen molar-refractivity contribution in [3.8, 4) is 0 Å².